The van der Waals surface area contributed by atoms with Crippen molar-refractivity contribution < 1.29 is 9.32 Å². The van der Waals surface area contributed by atoms with Gasteiger partial charge < -0.3 is 9.84 Å². The summed E-state index contributed by atoms with van der Waals surface area (Å²) in [5.41, 5.74) is 1.52. The number of aromatic nitrogens is 4. The molecule has 1 amide bonds. The van der Waals surface area contributed by atoms with Crippen LogP contribution in [0.25, 0.3) is 0 Å². The molecule has 0 radical (unpaired) electrons. The summed E-state index contributed by atoms with van der Waals surface area (Å²) in [7, 11) is 0. The average Bonchev–Trinajstić information content (AvgIpc) is 3.19. The van der Waals surface area contributed by atoms with Crippen LogP contribution >= 0.6 is 11.6 Å². The standard InChI is InChI=1S/C14H18ClN5O2/c1-8-13(15)9(2)20(18-8)7-11(21)16-6-5-12-17-14(19-22-12)10-3-4-10/h10H,3-7H2,1-2H3,(H,16,21). The van der Waals surface area contributed by atoms with Gasteiger partial charge in [-0.2, -0.15) is 10.1 Å². The summed E-state index contributed by atoms with van der Waals surface area (Å²) in [6.45, 7) is 4.26. The lowest BCUT2D eigenvalue weighted by molar-refractivity contribution is -0.121. The van der Waals surface area contributed by atoms with Crippen molar-refractivity contribution in [3.8, 4) is 0 Å². The number of amides is 1. The molecular formula is C14H18ClN5O2. The third kappa shape index (κ3) is 3.30. The Morgan fingerprint density at radius 1 is 1.45 bits per heavy atom. The van der Waals surface area contributed by atoms with Crippen molar-refractivity contribution in [2.24, 2.45) is 0 Å². The van der Waals surface area contributed by atoms with Crippen molar-refractivity contribution in [1.29, 1.82) is 0 Å². The Balaban J connectivity index is 1.46. The number of aryl methyl sites for hydroxylation is 1. The Morgan fingerprint density at radius 3 is 2.86 bits per heavy atom. The molecule has 0 spiro atoms. The fourth-order valence-electron chi connectivity index (χ4n) is 2.21. The lowest BCUT2D eigenvalue weighted by atomic mass is 10.4. The molecule has 1 aliphatic carbocycles. The average molecular weight is 324 g/mol. The van der Waals surface area contributed by atoms with E-state index in [2.05, 4.69) is 20.6 Å². The lowest BCUT2D eigenvalue weighted by Crippen LogP contribution is -2.30. The zero-order valence-electron chi connectivity index (χ0n) is 12.6. The molecule has 22 heavy (non-hydrogen) atoms. The number of nitrogens with zero attached hydrogens (tertiary/aromatic N) is 4. The first kappa shape index (κ1) is 15.0. The second kappa shape index (κ2) is 6.08. The minimum absolute atomic E-state index is 0.121. The number of hydrogen-bond acceptors (Lipinski definition) is 5. The van der Waals surface area contributed by atoms with Crippen LogP contribution in [-0.4, -0.2) is 32.4 Å². The second-order valence-electron chi connectivity index (χ2n) is 5.56. The van der Waals surface area contributed by atoms with Gasteiger partial charge in [0.15, 0.2) is 5.82 Å². The third-order valence-electron chi connectivity index (χ3n) is 3.67. The first-order valence-electron chi connectivity index (χ1n) is 7.33. The zero-order valence-corrected chi connectivity index (χ0v) is 13.4. The van der Waals surface area contributed by atoms with Crippen LogP contribution in [0.5, 0.6) is 0 Å². The van der Waals surface area contributed by atoms with E-state index >= 15 is 0 Å². The predicted octanol–water partition coefficient (Wildman–Crippen LogP) is 1.77. The minimum atomic E-state index is -0.121. The van der Waals surface area contributed by atoms with Crippen LogP contribution in [-0.2, 0) is 17.8 Å². The third-order valence-corrected chi connectivity index (χ3v) is 4.22. The Hall–Kier alpha value is -1.89. The van der Waals surface area contributed by atoms with Crippen molar-refractivity contribution in [1.82, 2.24) is 25.2 Å². The molecule has 2 heterocycles. The van der Waals surface area contributed by atoms with Gasteiger partial charge in [0.1, 0.15) is 6.54 Å². The van der Waals surface area contributed by atoms with Crippen molar-refractivity contribution in [3.05, 3.63) is 28.1 Å². The number of carbonyl (C=O) groups is 1. The Bertz CT molecular complexity index is 689. The Morgan fingerprint density at radius 2 is 2.23 bits per heavy atom. The summed E-state index contributed by atoms with van der Waals surface area (Å²) in [5.74, 6) is 1.71. The molecule has 2 aromatic heterocycles. The summed E-state index contributed by atoms with van der Waals surface area (Å²) < 4.78 is 6.76. The molecule has 0 saturated heterocycles. The maximum atomic E-state index is 11.9. The number of carbonyl (C=O) groups excluding carboxylic acids is 1. The molecule has 1 fully saturated rings. The first-order chi connectivity index (χ1) is 10.5. The molecule has 0 atom stereocenters. The highest BCUT2D eigenvalue weighted by atomic mass is 35.5. The quantitative estimate of drug-likeness (QED) is 0.875. The summed E-state index contributed by atoms with van der Waals surface area (Å²) in [6.07, 6.45) is 2.81. The van der Waals surface area contributed by atoms with Crippen molar-refractivity contribution in [3.63, 3.8) is 0 Å². The van der Waals surface area contributed by atoms with E-state index in [9.17, 15) is 4.79 Å². The fraction of sp³-hybridized carbons (Fsp3) is 0.571. The molecule has 2 aromatic rings. The SMILES string of the molecule is Cc1nn(CC(=O)NCCc2nc(C3CC3)no2)c(C)c1Cl. The molecule has 118 valence electrons. The second-order valence-corrected chi connectivity index (χ2v) is 5.94. The van der Waals surface area contributed by atoms with E-state index in [-0.39, 0.29) is 12.5 Å². The van der Waals surface area contributed by atoms with Crippen LogP contribution in [0.15, 0.2) is 4.52 Å². The Labute approximate surface area is 133 Å². The normalized spacial score (nSPS) is 14.3. The maximum absolute atomic E-state index is 11.9. The number of hydrogen-bond donors (Lipinski definition) is 1. The van der Waals surface area contributed by atoms with Gasteiger partial charge in [0.2, 0.25) is 11.8 Å². The highest BCUT2D eigenvalue weighted by Gasteiger charge is 2.28. The summed E-state index contributed by atoms with van der Waals surface area (Å²) >= 11 is 6.06. The first-order valence-corrected chi connectivity index (χ1v) is 7.71. The molecule has 0 unspecified atom stereocenters. The van der Waals surface area contributed by atoms with E-state index < -0.39 is 0 Å². The molecule has 0 aliphatic heterocycles. The smallest absolute Gasteiger partial charge is 0.241 e. The van der Waals surface area contributed by atoms with E-state index in [0.29, 0.717) is 29.8 Å². The van der Waals surface area contributed by atoms with E-state index in [4.69, 9.17) is 16.1 Å². The predicted molar refractivity (Wildman–Crippen MR) is 79.7 cm³/mol. The van der Waals surface area contributed by atoms with E-state index in [1.165, 1.54) is 0 Å². The van der Waals surface area contributed by atoms with Gasteiger partial charge in [0, 0.05) is 18.9 Å². The van der Waals surface area contributed by atoms with Crippen LogP contribution in [0.1, 0.15) is 41.9 Å². The van der Waals surface area contributed by atoms with E-state index in [1.807, 2.05) is 13.8 Å². The number of rotatable bonds is 6. The van der Waals surface area contributed by atoms with Gasteiger partial charge in [0.05, 0.1) is 16.4 Å². The van der Waals surface area contributed by atoms with E-state index in [1.54, 1.807) is 4.68 Å². The molecule has 1 aliphatic rings. The van der Waals surface area contributed by atoms with Gasteiger partial charge >= 0.3 is 0 Å². The monoisotopic (exact) mass is 323 g/mol. The van der Waals surface area contributed by atoms with Gasteiger partial charge in [-0.1, -0.05) is 16.8 Å². The molecular weight excluding hydrogens is 306 g/mol. The summed E-state index contributed by atoms with van der Waals surface area (Å²) in [5, 5.41) is 11.6. The number of nitrogens with one attached hydrogen (secondary N) is 1. The largest absolute Gasteiger partial charge is 0.354 e. The minimum Gasteiger partial charge on any atom is -0.354 e. The van der Waals surface area contributed by atoms with E-state index in [0.717, 1.165) is 30.1 Å². The highest BCUT2D eigenvalue weighted by Crippen LogP contribution is 2.38. The molecule has 8 heteroatoms. The molecule has 3 rings (SSSR count). The van der Waals surface area contributed by atoms with Gasteiger partial charge in [0.25, 0.3) is 0 Å². The van der Waals surface area contributed by atoms with Crippen LogP contribution in [0.3, 0.4) is 0 Å². The van der Waals surface area contributed by atoms with Gasteiger partial charge in [-0.25, -0.2) is 0 Å². The lowest BCUT2D eigenvalue weighted by Gasteiger charge is -2.05. The molecule has 7 nitrogen and oxygen atoms in total. The van der Waals surface area contributed by atoms with Gasteiger partial charge in [-0.05, 0) is 26.7 Å². The summed E-state index contributed by atoms with van der Waals surface area (Å²) in [4.78, 5) is 16.2. The summed E-state index contributed by atoms with van der Waals surface area (Å²) in [6, 6.07) is 0. The van der Waals surface area contributed by atoms with Crippen molar-refractivity contribution in [2.45, 2.75) is 45.6 Å². The van der Waals surface area contributed by atoms with Crippen LogP contribution in [0.2, 0.25) is 5.02 Å². The molecule has 1 saturated carbocycles. The van der Waals surface area contributed by atoms with Crippen molar-refractivity contribution >= 4 is 17.5 Å². The molecule has 1 N–H and O–H groups in total. The van der Waals surface area contributed by atoms with Gasteiger partial charge in [-0.15, -0.1) is 0 Å². The fourth-order valence-corrected chi connectivity index (χ4v) is 2.34. The molecule has 0 aromatic carbocycles. The van der Waals surface area contributed by atoms with Crippen molar-refractivity contribution in [2.75, 3.05) is 6.54 Å². The zero-order chi connectivity index (χ0) is 15.7. The highest BCUT2D eigenvalue weighted by molar-refractivity contribution is 6.31. The number of halogens is 1. The molecule has 0 bridgehead atoms. The van der Waals surface area contributed by atoms with Crippen LogP contribution in [0, 0.1) is 13.8 Å². The van der Waals surface area contributed by atoms with Crippen LogP contribution < -0.4 is 5.32 Å². The Kier molecular flexibility index (Phi) is 4.15. The van der Waals surface area contributed by atoms with Crippen LogP contribution in [0.4, 0.5) is 0 Å². The van der Waals surface area contributed by atoms with Gasteiger partial charge in [-0.3, -0.25) is 9.48 Å². The topological polar surface area (TPSA) is 85.8 Å². The maximum Gasteiger partial charge on any atom is 0.241 e.